The topological polar surface area (TPSA) is 84.9 Å². The third kappa shape index (κ3) is 9.99. The highest BCUT2D eigenvalue weighted by atomic mass is 16.6. The Labute approximate surface area is 119 Å². The Morgan fingerprint density at radius 3 is 2.55 bits per heavy atom. The average Bonchev–Trinajstić information content (AvgIpc) is 2.29. The van der Waals surface area contributed by atoms with E-state index >= 15 is 0 Å². The number of hydrogen-bond acceptors (Lipinski definition) is 4. The zero-order chi connectivity index (χ0) is 15.6. The molecule has 0 aromatic carbocycles. The van der Waals surface area contributed by atoms with Crippen molar-refractivity contribution >= 4 is 12.1 Å². The number of aliphatic carboxylic acids is 1. The van der Waals surface area contributed by atoms with Crippen LogP contribution in [-0.2, 0) is 14.3 Å². The number of carboxylic acids is 1. The van der Waals surface area contributed by atoms with E-state index < -0.39 is 23.7 Å². The molecule has 6 nitrogen and oxygen atoms in total. The van der Waals surface area contributed by atoms with Gasteiger partial charge in [0.1, 0.15) is 5.60 Å². The molecule has 0 aromatic rings. The lowest BCUT2D eigenvalue weighted by Crippen LogP contribution is -2.42. The number of carboxylic acid groups (broad SMARTS) is 1. The smallest absolute Gasteiger partial charge is 0.408 e. The molecule has 0 aliphatic carbocycles. The van der Waals surface area contributed by atoms with Crippen molar-refractivity contribution in [2.45, 2.75) is 45.3 Å². The number of carbonyl (C=O) groups excluding carboxylic acids is 1. The Kier molecular flexibility index (Phi) is 8.12. The largest absolute Gasteiger partial charge is 0.501 e. The van der Waals surface area contributed by atoms with E-state index in [1.165, 1.54) is 12.3 Å². The monoisotopic (exact) mass is 285 g/mol. The van der Waals surface area contributed by atoms with Gasteiger partial charge in [0.05, 0.1) is 12.9 Å². The number of unbranched alkanes of at least 4 members (excludes halogenated alkanes) is 1. The molecule has 0 aliphatic heterocycles. The van der Waals surface area contributed by atoms with E-state index in [4.69, 9.17) is 14.6 Å². The van der Waals surface area contributed by atoms with Crippen molar-refractivity contribution < 1.29 is 24.2 Å². The third-order valence-corrected chi connectivity index (χ3v) is 1.98. The number of carbonyl (C=O) groups is 2. The Hall–Kier alpha value is -1.98. The number of nitrogens with one attached hydrogen (secondary N) is 1. The quantitative estimate of drug-likeness (QED) is 0.406. The molecule has 20 heavy (non-hydrogen) atoms. The zero-order valence-corrected chi connectivity index (χ0v) is 12.2. The van der Waals surface area contributed by atoms with E-state index in [0.29, 0.717) is 6.61 Å². The van der Waals surface area contributed by atoms with Crippen LogP contribution in [0, 0.1) is 0 Å². The molecule has 0 aromatic heterocycles. The fraction of sp³-hybridized carbons (Fsp3) is 0.571. The fourth-order valence-electron chi connectivity index (χ4n) is 1.14. The predicted molar refractivity (Wildman–Crippen MR) is 75.3 cm³/mol. The number of rotatable bonds is 8. The van der Waals surface area contributed by atoms with Crippen LogP contribution in [0.2, 0.25) is 0 Å². The van der Waals surface area contributed by atoms with Crippen LogP contribution in [0.5, 0.6) is 0 Å². The summed E-state index contributed by atoms with van der Waals surface area (Å²) < 4.78 is 10.1. The number of amides is 1. The molecular formula is C14H23NO5. The molecule has 1 unspecified atom stereocenters. The lowest BCUT2D eigenvalue weighted by molar-refractivity contribution is -0.138. The summed E-state index contributed by atoms with van der Waals surface area (Å²) in [5.74, 6) is -1.19. The summed E-state index contributed by atoms with van der Waals surface area (Å²) >= 11 is 0. The summed E-state index contributed by atoms with van der Waals surface area (Å²) in [4.78, 5) is 22.4. The fourth-order valence-corrected chi connectivity index (χ4v) is 1.14. The average molecular weight is 285 g/mol. The van der Waals surface area contributed by atoms with Gasteiger partial charge in [0, 0.05) is 0 Å². The SMILES string of the molecule is C=CCCCO/C=C/C(NC(=O)OC(C)(C)C)C(=O)O. The van der Waals surface area contributed by atoms with Crippen molar-refractivity contribution in [3.8, 4) is 0 Å². The summed E-state index contributed by atoms with van der Waals surface area (Å²) in [5.41, 5.74) is -0.683. The molecule has 0 bridgehead atoms. The van der Waals surface area contributed by atoms with Crippen LogP contribution >= 0.6 is 0 Å². The van der Waals surface area contributed by atoms with Crippen LogP contribution in [0.4, 0.5) is 4.79 Å². The molecule has 0 rings (SSSR count). The van der Waals surface area contributed by atoms with Gasteiger partial charge in [-0.1, -0.05) is 6.08 Å². The minimum Gasteiger partial charge on any atom is -0.501 e. The number of ether oxygens (including phenoxy) is 2. The second-order valence-electron chi connectivity index (χ2n) is 5.09. The molecule has 1 atom stereocenters. The summed E-state index contributed by atoms with van der Waals surface area (Å²) in [6, 6.07) is -1.19. The number of allylic oxidation sites excluding steroid dienone is 1. The molecule has 0 fully saturated rings. The second-order valence-corrected chi connectivity index (χ2v) is 5.09. The van der Waals surface area contributed by atoms with Crippen molar-refractivity contribution in [2.75, 3.05) is 6.61 Å². The van der Waals surface area contributed by atoms with Gasteiger partial charge in [-0.15, -0.1) is 6.58 Å². The first-order chi connectivity index (χ1) is 9.26. The Morgan fingerprint density at radius 2 is 2.05 bits per heavy atom. The standard InChI is InChI=1S/C14H23NO5/c1-5-6-7-9-19-10-8-11(12(16)17)15-13(18)20-14(2,3)4/h5,8,10-11H,1,6-7,9H2,2-4H3,(H,15,18)(H,16,17)/b10-8+. The highest BCUT2D eigenvalue weighted by molar-refractivity contribution is 5.81. The van der Waals surface area contributed by atoms with Crippen LogP contribution in [0.15, 0.2) is 25.0 Å². The van der Waals surface area contributed by atoms with Gasteiger partial charge in [0.25, 0.3) is 0 Å². The van der Waals surface area contributed by atoms with Gasteiger partial charge < -0.3 is 19.9 Å². The molecular weight excluding hydrogens is 262 g/mol. The van der Waals surface area contributed by atoms with E-state index in [-0.39, 0.29) is 0 Å². The molecule has 0 saturated heterocycles. The lowest BCUT2D eigenvalue weighted by Gasteiger charge is -2.20. The lowest BCUT2D eigenvalue weighted by atomic mass is 10.2. The van der Waals surface area contributed by atoms with Crippen molar-refractivity contribution in [2.24, 2.45) is 0 Å². The van der Waals surface area contributed by atoms with Crippen LogP contribution in [0.25, 0.3) is 0 Å². The Bertz CT molecular complexity index is 357. The van der Waals surface area contributed by atoms with Gasteiger partial charge in [-0.2, -0.15) is 0 Å². The van der Waals surface area contributed by atoms with E-state index in [9.17, 15) is 9.59 Å². The molecule has 2 N–H and O–H groups in total. The summed E-state index contributed by atoms with van der Waals surface area (Å²) in [7, 11) is 0. The number of alkyl carbamates (subject to hydrolysis) is 1. The van der Waals surface area contributed by atoms with E-state index in [2.05, 4.69) is 11.9 Å². The van der Waals surface area contributed by atoms with Gasteiger partial charge >= 0.3 is 12.1 Å². The van der Waals surface area contributed by atoms with Gasteiger partial charge in [-0.3, -0.25) is 0 Å². The molecule has 0 saturated carbocycles. The predicted octanol–water partition coefficient (Wildman–Crippen LogP) is 2.46. The van der Waals surface area contributed by atoms with Gasteiger partial charge in [-0.25, -0.2) is 9.59 Å². The normalized spacial score (nSPS) is 12.8. The first kappa shape index (κ1) is 18.0. The van der Waals surface area contributed by atoms with Crippen LogP contribution in [-0.4, -0.2) is 35.4 Å². The molecule has 0 radical (unpaired) electrons. The van der Waals surface area contributed by atoms with Gasteiger partial charge in [0.2, 0.25) is 0 Å². The van der Waals surface area contributed by atoms with Gasteiger partial charge in [0.15, 0.2) is 6.04 Å². The maximum atomic E-state index is 11.5. The highest BCUT2D eigenvalue weighted by Gasteiger charge is 2.21. The molecule has 0 heterocycles. The van der Waals surface area contributed by atoms with Crippen molar-refractivity contribution in [1.82, 2.24) is 5.32 Å². The molecule has 6 heteroatoms. The molecule has 0 spiro atoms. The van der Waals surface area contributed by atoms with E-state index in [1.807, 2.05) is 0 Å². The molecule has 1 amide bonds. The minimum atomic E-state index is -1.19. The summed E-state index contributed by atoms with van der Waals surface area (Å²) in [5, 5.41) is 11.2. The minimum absolute atomic E-state index is 0.460. The van der Waals surface area contributed by atoms with Gasteiger partial charge in [-0.05, 0) is 39.7 Å². The Balaban J connectivity index is 4.23. The molecule has 114 valence electrons. The first-order valence-electron chi connectivity index (χ1n) is 6.37. The van der Waals surface area contributed by atoms with Crippen LogP contribution in [0.3, 0.4) is 0 Å². The van der Waals surface area contributed by atoms with Crippen molar-refractivity contribution in [3.05, 3.63) is 25.0 Å². The first-order valence-corrected chi connectivity index (χ1v) is 6.37. The Morgan fingerprint density at radius 1 is 1.40 bits per heavy atom. The maximum Gasteiger partial charge on any atom is 0.408 e. The molecule has 0 aliphatic rings. The van der Waals surface area contributed by atoms with E-state index in [1.54, 1.807) is 26.8 Å². The van der Waals surface area contributed by atoms with Crippen LogP contribution < -0.4 is 5.32 Å². The zero-order valence-electron chi connectivity index (χ0n) is 12.2. The van der Waals surface area contributed by atoms with E-state index in [0.717, 1.165) is 12.8 Å². The van der Waals surface area contributed by atoms with Crippen molar-refractivity contribution in [1.29, 1.82) is 0 Å². The highest BCUT2D eigenvalue weighted by Crippen LogP contribution is 2.07. The number of hydrogen-bond donors (Lipinski definition) is 2. The summed E-state index contributed by atoms with van der Waals surface area (Å²) in [6.45, 7) is 9.12. The second kappa shape index (κ2) is 9.01. The van der Waals surface area contributed by atoms with Crippen LogP contribution in [0.1, 0.15) is 33.6 Å². The summed E-state index contributed by atoms with van der Waals surface area (Å²) in [6.07, 6.45) is 5.12. The van der Waals surface area contributed by atoms with Crippen molar-refractivity contribution in [3.63, 3.8) is 0 Å². The maximum absolute atomic E-state index is 11.5. The third-order valence-electron chi connectivity index (χ3n) is 1.98.